The van der Waals surface area contributed by atoms with E-state index >= 15 is 0 Å². The molecule has 5 heteroatoms. The zero-order valence-corrected chi connectivity index (χ0v) is 12.8. The lowest BCUT2D eigenvalue weighted by Gasteiger charge is -2.26. The molecule has 19 heavy (non-hydrogen) atoms. The Morgan fingerprint density at radius 2 is 1.89 bits per heavy atom. The molecular formula is C14H24N2O2S. The van der Waals surface area contributed by atoms with E-state index in [1.54, 1.807) is 4.31 Å². The minimum atomic E-state index is -3.27. The van der Waals surface area contributed by atoms with Crippen LogP contribution in [0.4, 0.5) is 0 Å². The van der Waals surface area contributed by atoms with Crippen molar-refractivity contribution in [2.45, 2.75) is 45.5 Å². The normalized spacial score (nSPS) is 13.7. The summed E-state index contributed by atoms with van der Waals surface area (Å²) in [5, 5.41) is 0. The van der Waals surface area contributed by atoms with E-state index in [0.29, 0.717) is 13.1 Å². The van der Waals surface area contributed by atoms with E-state index in [1.165, 1.54) is 0 Å². The first-order chi connectivity index (χ1) is 8.94. The van der Waals surface area contributed by atoms with Crippen molar-refractivity contribution in [2.75, 3.05) is 6.54 Å². The maximum Gasteiger partial charge on any atom is 0.218 e. The van der Waals surface area contributed by atoms with Crippen molar-refractivity contribution in [3.05, 3.63) is 35.4 Å². The van der Waals surface area contributed by atoms with Crippen LogP contribution >= 0.6 is 0 Å². The van der Waals surface area contributed by atoms with Gasteiger partial charge < -0.3 is 5.73 Å². The number of nitrogens with two attached hydrogens (primary N) is 1. The Balaban J connectivity index is 2.94. The molecule has 0 spiro atoms. The Morgan fingerprint density at radius 1 is 1.26 bits per heavy atom. The van der Waals surface area contributed by atoms with Gasteiger partial charge in [-0.05, 0) is 24.5 Å². The Kier molecular flexibility index (Phi) is 5.97. The Bertz CT molecular complexity index is 500. The molecule has 0 aliphatic carbocycles. The zero-order chi connectivity index (χ0) is 14.5. The third kappa shape index (κ3) is 4.30. The molecular weight excluding hydrogens is 260 g/mol. The number of nitrogens with zero attached hydrogens (tertiary/aromatic N) is 1. The zero-order valence-electron chi connectivity index (χ0n) is 12.0. The van der Waals surface area contributed by atoms with Crippen LogP contribution in [0, 0.1) is 0 Å². The molecule has 1 rings (SSSR count). The highest BCUT2D eigenvalue weighted by molar-refractivity contribution is 7.88. The molecule has 0 saturated carbocycles. The van der Waals surface area contributed by atoms with Gasteiger partial charge in [0.2, 0.25) is 10.0 Å². The van der Waals surface area contributed by atoms with E-state index in [2.05, 4.69) is 0 Å². The van der Waals surface area contributed by atoms with E-state index in [1.807, 2.05) is 45.0 Å². The molecule has 0 aromatic heterocycles. The van der Waals surface area contributed by atoms with Crippen LogP contribution in [0.3, 0.4) is 0 Å². The topological polar surface area (TPSA) is 63.4 Å². The van der Waals surface area contributed by atoms with Crippen LogP contribution in [-0.4, -0.2) is 25.3 Å². The number of sulfonamides is 1. The van der Waals surface area contributed by atoms with Gasteiger partial charge in [0.05, 0.1) is 5.75 Å². The summed E-state index contributed by atoms with van der Waals surface area (Å²) in [6, 6.07) is 7.49. The predicted molar refractivity (Wildman–Crippen MR) is 79.1 cm³/mol. The van der Waals surface area contributed by atoms with Gasteiger partial charge in [-0.25, -0.2) is 8.42 Å². The van der Waals surface area contributed by atoms with Crippen LogP contribution in [0.1, 0.15) is 38.3 Å². The molecule has 1 aromatic carbocycles. The maximum atomic E-state index is 12.4. The summed E-state index contributed by atoms with van der Waals surface area (Å²) in [4.78, 5) is 0. The summed E-state index contributed by atoms with van der Waals surface area (Å²) in [5.41, 5.74) is 7.33. The van der Waals surface area contributed by atoms with Gasteiger partial charge in [-0.3, -0.25) is 0 Å². The fourth-order valence-corrected chi connectivity index (χ4v) is 3.98. The molecule has 0 aliphatic rings. The summed E-state index contributed by atoms with van der Waals surface area (Å²) in [6.45, 7) is 6.75. The smallest absolute Gasteiger partial charge is 0.218 e. The molecule has 0 heterocycles. The van der Waals surface area contributed by atoms with Crippen molar-refractivity contribution >= 4 is 10.0 Å². The lowest BCUT2D eigenvalue weighted by atomic mass is 10.1. The summed E-state index contributed by atoms with van der Waals surface area (Å²) >= 11 is 0. The second-order valence-corrected chi connectivity index (χ2v) is 6.66. The molecule has 0 saturated heterocycles. The van der Waals surface area contributed by atoms with Gasteiger partial charge in [0, 0.05) is 19.1 Å². The molecule has 0 amide bonds. The molecule has 2 N–H and O–H groups in total. The monoisotopic (exact) mass is 284 g/mol. The summed E-state index contributed by atoms with van der Waals surface area (Å²) < 4.78 is 26.4. The standard InChI is InChI=1S/C14H24N2O2S/c1-4-12(3)16(5-2)19(17,18)11-14-8-6-7-13(9-14)10-15/h6-9,12H,4-5,10-11,15H2,1-3H3. The number of rotatable bonds is 7. The van der Waals surface area contributed by atoms with E-state index in [4.69, 9.17) is 5.73 Å². The average molecular weight is 284 g/mol. The second-order valence-electron chi connectivity index (χ2n) is 4.74. The largest absolute Gasteiger partial charge is 0.326 e. The maximum absolute atomic E-state index is 12.4. The molecule has 4 nitrogen and oxygen atoms in total. The van der Waals surface area contributed by atoms with Crippen molar-refractivity contribution in [2.24, 2.45) is 5.73 Å². The highest BCUT2D eigenvalue weighted by Crippen LogP contribution is 2.16. The molecule has 1 atom stereocenters. The van der Waals surface area contributed by atoms with Crippen molar-refractivity contribution < 1.29 is 8.42 Å². The third-order valence-corrected chi connectivity index (χ3v) is 5.36. The van der Waals surface area contributed by atoms with E-state index in [0.717, 1.165) is 17.5 Å². The van der Waals surface area contributed by atoms with Crippen LogP contribution in [0.15, 0.2) is 24.3 Å². The lowest BCUT2D eigenvalue weighted by Crippen LogP contribution is -2.38. The summed E-state index contributed by atoms with van der Waals surface area (Å²) in [6.07, 6.45) is 0.815. The fourth-order valence-electron chi connectivity index (χ4n) is 2.13. The first-order valence-corrected chi connectivity index (χ1v) is 8.32. The molecule has 0 aliphatic heterocycles. The van der Waals surface area contributed by atoms with Gasteiger partial charge in [-0.2, -0.15) is 4.31 Å². The van der Waals surface area contributed by atoms with Gasteiger partial charge in [-0.1, -0.05) is 38.1 Å². The van der Waals surface area contributed by atoms with Gasteiger partial charge in [0.15, 0.2) is 0 Å². The van der Waals surface area contributed by atoms with Crippen LogP contribution in [0.5, 0.6) is 0 Å². The quantitative estimate of drug-likeness (QED) is 0.834. The van der Waals surface area contributed by atoms with Crippen molar-refractivity contribution in [1.82, 2.24) is 4.31 Å². The number of benzene rings is 1. The van der Waals surface area contributed by atoms with Crippen molar-refractivity contribution in [3.63, 3.8) is 0 Å². The van der Waals surface area contributed by atoms with Crippen LogP contribution < -0.4 is 5.73 Å². The van der Waals surface area contributed by atoms with E-state index in [9.17, 15) is 8.42 Å². The predicted octanol–water partition coefficient (Wildman–Crippen LogP) is 2.10. The number of hydrogen-bond donors (Lipinski definition) is 1. The molecule has 0 fully saturated rings. The van der Waals surface area contributed by atoms with Crippen LogP contribution in [0.25, 0.3) is 0 Å². The highest BCUT2D eigenvalue weighted by atomic mass is 32.2. The molecule has 0 radical (unpaired) electrons. The van der Waals surface area contributed by atoms with E-state index < -0.39 is 10.0 Å². The first-order valence-electron chi connectivity index (χ1n) is 6.72. The van der Waals surface area contributed by atoms with Crippen molar-refractivity contribution in [3.8, 4) is 0 Å². The van der Waals surface area contributed by atoms with E-state index in [-0.39, 0.29) is 11.8 Å². The minimum Gasteiger partial charge on any atom is -0.326 e. The molecule has 1 unspecified atom stereocenters. The van der Waals surface area contributed by atoms with Crippen LogP contribution in [-0.2, 0) is 22.3 Å². The second kappa shape index (κ2) is 7.03. The minimum absolute atomic E-state index is 0.0349. The average Bonchev–Trinajstić information content (AvgIpc) is 2.38. The fraction of sp³-hybridized carbons (Fsp3) is 0.571. The summed E-state index contributed by atoms with van der Waals surface area (Å²) in [7, 11) is -3.27. The van der Waals surface area contributed by atoms with Crippen LogP contribution in [0.2, 0.25) is 0 Å². The Morgan fingerprint density at radius 3 is 2.42 bits per heavy atom. The Hall–Kier alpha value is -0.910. The lowest BCUT2D eigenvalue weighted by molar-refractivity contribution is 0.342. The third-order valence-electron chi connectivity index (χ3n) is 3.33. The summed E-state index contributed by atoms with van der Waals surface area (Å²) in [5.74, 6) is 0.0407. The molecule has 0 bridgehead atoms. The van der Waals surface area contributed by atoms with Gasteiger partial charge in [0.25, 0.3) is 0 Å². The Labute approximate surface area is 116 Å². The highest BCUT2D eigenvalue weighted by Gasteiger charge is 2.24. The molecule has 1 aromatic rings. The molecule has 108 valence electrons. The van der Waals surface area contributed by atoms with Crippen molar-refractivity contribution in [1.29, 1.82) is 0 Å². The van der Waals surface area contributed by atoms with Gasteiger partial charge in [-0.15, -0.1) is 0 Å². The number of hydrogen-bond acceptors (Lipinski definition) is 3. The van der Waals surface area contributed by atoms with Gasteiger partial charge in [0.1, 0.15) is 0 Å². The van der Waals surface area contributed by atoms with Gasteiger partial charge >= 0.3 is 0 Å². The SMILES string of the molecule is CCC(C)N(CC)S(=O)(=O)Cc1cccc(CN)c1. The first kappa shape index (κ1) is 16.1.